The summed E-state index contributed by atoms with van der Waals surface area (Å²) in [7, 11) is 0. The van der Waals surface area contributed by atoms with Crippen LogP contribution in [0.4, 0.5) is 10.5 Å². The van der Waals surface area contributed by atoms with Crippen LogP contribution < -0.4 is 26.9 Å². The predicted octanol–water partition coefficient (Wildman–Crippen LogP) is 2.08. The SMILES string of the molecule is Cc1cccc(N(N)C(=O)NN)c1COc1ccn(-c2ccsc2)n1. The Labute approximate surface area is 148 Å². The van der Waals surface area contributed by atoms with Crippen molar-refractivity contribution in [2.75, 3.05) is 5.01 Å². The number of rotatable bonds is 5. The van der Waals surface area contributed by atoms with Gasteiger partial charge in [-0.05, 0) is 30.0 Å². The van der Waals surface area contributed by atoms with Gasteiger partial charge in [-0.25, -0.2) is 26.2 Å². The Hall–Kier alpha value is -2.88. The topological polar surface area (TPSA) is 111 Å². The first kappa shape index (κ1) is 17.0. The number of hydrogen-bond acceptors (Lipinski definition) is 6. The molecule has 0 radical (unpaired) electrons. The molecular formula is C16H18N6O2S. The van der Waals surface area contributed by atoms with Crippen molar-refractivity contribution < 1.29 is 9.53 Å². The van der Waals surface area contributed by atoms with Crippen molar-refractivity contribution in [3.8, 4) is 11.6 Å². The van der Waals surface area contributed by atoms with Crippen molar-refractivity contribution in [1.29, 1.82) is 0 Å². The van der Waals surface area contributed by atoms with E-state index in [4.69, 9.17) is 16.4 Å². The molecule has 8 nitrogen and oxygen atoms in total. The van der Waals surface area contributed by atoms with E-state index in [9.17, 15) is 4.79 Å². The van der Waals surface area contributed by atoms with E-state index in [1.165, 1.54) is 0 Å². The third-order valence-electron chi connectivity index (χ3n) is 3.69. The molecule has 2 aromatic heterocycles. The molecule has 0 bridgehead atoms. The second kappa shape index (κ2) is 7.34. The minimum Gasteiger partial charge on any atom is -0.472 e. The molecule has 0 fully saturated rings. The first-order chi connectivity index (χ1) is 12.1. The summed E-state index contributed by atoms with van der Waals surface area (Å²) in [6.07, 6.45) is 1.83. The lowest BCUT2D eigenvalue weighted by Gasteiger charge is -2.20. The number of anilines is 1. The molecule has 3 aromatic rings. The summed E-state index contributed by atoms with van der Waals surface area (Å²) in [5.74, 6) is 11.5. The van der Waals surface area contributed by atoms with Crippen LogP contribution in [-0.2, 0) is 6.61 Å². The highest BCUT2D eigenvalue weighted by atomic mass is 32.1. The summed E-state index contributed by atoms with van der Waals surface area (Å²) in [5, 5.41) is 9.31. The van der Waals surface area contributed by atoms with Gasteiger partial charge in [-0.2, -0.15) is 11.3 Å². The molecule has 2 heterocycles. The number of thiophene rings is 1. The zero-order valence-corrected chi connectivity index (χ0v) is 14.4. The number of nitrogens with one attached hydrogen (secondary N) is 1. The normalized spacial score (nSPS) is 10.5. The number of aromatic nitrogens is 2. The molecule has 0 saturated heterocycles. The highest BCUT2D eigenvalue weighted by Crippen LogP contribution is 2.24. The molecule has 0 atom stereocenters. The highest BCUT2D eigenvalue weighted by molar-refractivity contribution is 7.08. The van der Waals surface area contributed by atoms with Gasteiger partial charge in [-0.15, -0.1) is 5.10 Å². The van der Waals surface area contributed by atoms with Gasteiger partial charge in [-0.3, -0.25) is 5.43 Å². The molecule has 0 spiro atoms. The van der Waals surface area contributed by atoms with Crippen LogP contribution >= 0.6 is 11.3 Å². The van der Waals surface area contributed by atoms with Crippen LogP contribution in [0.3, 0.4) is 0 Å². The Morgan fingerprint density at radius 2 is 2.24 bits per heavy atom. The fourth-order valence-electron chi connectivity index (χ4n) is 2.34. The Balaban J connectivity index is 1.78. The van der Waals surface area contributed by atoms with Crippen LogP contribution in [0.1, 0.15) is 11.1 Å². The average molecular weight is 358 g/mol. The molecule has 2 amide bonds. The number of urea groups is 1. The molecule has 25 heavy (non-hydrogen) atoms. The largest absolute Gasteiger partial charge is 0.472 e. The molecule has 5 N–H and O–H groups in total. The molecule has 1 aromatic carbocycles. The number of amides is 2. The number of benzene rings is 1. The number of hydrogen-bond donors (Lipinski definition) is 3. The number of ether oxygens (including phenoxy) is 1. The molecule has 0 aliphatic rings. The number of aryl methyl sites for hydroxylation is 1. The van der Waals surface area contributed by atoms with E-state index in [1.54, 1.807) is 28.2 Å². The van der Waals surface area contributed by atoms with Gasteiger partial charge in [0.2, 0.25) is 5.88 Å². The first-order valence-corrected chi connectivity index (χ1v) is 8.39. The molecule has 130 valence electrons. The van der Waals surface area contributed by atoms with Crippen molar-refractivity contribution in [1.82, 2.24) is 15.2 Å². The maximum absolute atomic E-state index is 11.7. The number of nitrogens with zero attached hydrogens (tertiary/aromatic N) is 3. The minimum atomic E-state index is -0.617. The Bertz CT molecular complexity index is 861. The maximum Gasteiger partial charge on any atom is 0.350 e. The lowest BCUT2D eigenvalue weighted by Crippen LogP contribution is -2.48. The number of carbonyl (C=O) groups is 1. The van der Waals surface area contributed by atoms with E-state index < -0.39 is 6.03 Å². The molecule has 0 saturated carbocycles. The standard InChI is InChI=1S/C16H18N6O2S/c1-11-3-2-4-14(22(18)16(23)19-17)13(11)9-24-15-5-7-21(20-15)12-6-8-25-10-12/h2-8,10H,9,17-18H2,1H3,(H,19,23). The Morgan fingerprint density at radius 3 is 2.96 bits per heavy atom. The Morgan fingerprint density at radius 1 is 1.40 bits per heavy atom. The molecule has 0 aliphatic heterocycles. The smallest absolute Gasteiger partial charge is 0.350 e. The molecule has 9 heteroatoms. The predicted molar refractivity (Wildman–Crippen MR) is 96.3 cm³/mol. The van der Waals surface area contributed by atoms with Gasteiger partial charge < -0.3 is 4.74 Å². The van der Waals surface area contributed by atoms with E-state index in [0.717, 1.165) is 21.8 Å². The van der Waals surface area contributed by atoms with Gasteiger partial charge in [-0.1, -0.05) is 12.1 Å². The van der Waals surface area contributed by atoms with Crippen molar-refractivity contribution in [2.45, 2.75) is 13.5 Å². The fraction of sp³-hybridized carbons (Fsp3) is 0.125. The van der Waals surface area contributed by atoms with E-state index in [2.05, 4.69) is 5.10 Å². The zero-order chi connectivity index (χ0) is 17.8. The second-order valence-electron chi connectivity index (χ2n) is 5.26. The summed E-state index contributed by atoms with van der Waals surface area (Å²) in [4.78, 5) is 11.7. The van der Waals surface area contributed by atoms with Gasteiger partial charge in [0.1, 0.15) is 6.61 Å². The van der Waals surface area contributed by atoms with Gasteiger partial charge in [0.05, 0.1) is 11.4 Å². The van der Waals surface area contributed by atoms with E-state index >= 15 is 0 Å². The Kier molecular flexibility index (Phi) is 4.98. The molecular weight excluding hydrogens is 340 g/mol. The van der Waals surface area contributed by atoms with Crippen LogP contribution in [0, 0.1) is 6.92 Å². The second-order valence-corrected chi connectivity index (χ2v) is 6.04. The van der Waals surface area contributed by atoms with Crippen molar-refractivity contribution in [3.63, 3.8) is 0 Å². The minimum absolute atomic E-state index is 0.216. The van der Waals surface area contributed by atoms with Crippen molar-refractivity contribution >= 4 is 23.1 Å². The summed E-state index contributed by atoms with van der Waals surface area (Å²) in [5.41, 5.74) is 5.22. The van der Waals surface area contributed by atoms with Crippen LogP contribution in [0.15, 0.2) is 47.3 Å². The van der Waals surface area contributed by atoms with Crippen molar-refractivity contribution in [3.05, 3.63) is 58.4 Å². The molecule has 3 rings (SSSR count). The maximum atomic E-state index is 11.7. The van der Waals surface area contributed by atoms with E-state index in [1.807, 2.05) is 47.5 Å². The molecule has 0 aliphatic carbocycles. The zero-order valence-electron chi connectivity index (χ0n) is 13.5. The van der Waals surface area contributed by atoms with Gasteiger partial charge in [0.25, 0.3) is 0 Å². The van der Waals surface area contributed by atoms with Gasteiger partial charge in [0, 0.05) is 23.2 Å². The van der Waals surface area contributed by atoms with Crippen LogP contribution in [0.25, 0.3) is 5.69 Å². The number of carbonyl (C=O) groups excluding carboxylic acids is 1. The van der Waals surface area contributed by atoms with E-state index in [0.29, 0.717) is 11.6 Å². The quantitative estimate of drug-likeness (QED) is 0.367. The van der Waals surface area contributed by atoms with Crippen molar-refractivity contribution in [2.24, 2.45) is 11.7 Å². The van der Waals surface area contributed by atoms with Gasteiger partial charge >= 0.3 is 6.03 Å². The summed E-state index contributed by atoms with van der Waals surface area (Å²) >= 11 is 1.60. The third-order valence-corrected chi connectivity index (χ3v) is 4.36. The fourth-order valence-corrected chi connectivity index (χ4v) is 2.96. The van der Waals surface area contributed by atoms with Crippen LogP contribution in [-0.4, -0.2) is 15.8 Å². The third kappa shape index (κ3) is 3.63. The van der Waals surface area contributed by atoms with E-state index in [-0.39, 0.29) is 6.61 Å². The van der Waals surface area contributed by atoms with Crippen LogP contribution in [0.2, 0.25) is 0 Å². The monoisotopic (exact) mass is 358 g/mol. The average Bonchev–Trinajstić information content (AvgIpc) is 3.30. The molecule has 0 unspecified atom stereocenters. The highest BCUT2D eigenvalue weighted by Gasteiger charge is 2.16. The number of nitrogens with two attached hydrogens (primary N) is 2. The number of hydrazine groups is 2. The first-order valence-electron chi connectivity index (χ1n) is 7.45. The summed E-state index contributed by atoms with van der Waals surface area (Å²) < 4.78 is 7.52. The summed E-state index contributed by atoms with van der Waals surface area (Å²) in [6.45, 7) is 2.13. The van der Waals surface area contributed by atoms with Crippen LogP contribution in [0.5, 0.6) is 5.88 Å². The lowest BCUT2D eigenvalue weighted by molar-refractivity contribution is 0.246. The summed E-state index contributed by atoms with van der Waals surface area (Å²) in [6, 6.07) is 8.59. The van der Waals surface area contributed by atoms with Gasteiger partial charge in [0.15, 0.2) is 0 Å². The lowest BCUT2D eigenvalue weighted by atomic mass is 10.1.